The lowest BCUT2D eigenvalue weighted by Crippen LogP contribution is -1.94. The van der Waals surface area contributed by atoms with E-state index in [2.05, 4.69) is 26.9 Å². The van der Waals surface area contributed by atoms with Gasteiger partial charge in [0.2, 0.25) is 0 Å². The molecule has 20 heavy (non-hydrogen) atoms. The van der Waals surface area contributed by atoms with Crippen LogP contribution in [-0.4, -0.2) is 19.7 Å². The Morgan fingerprint density at radius 3 is 2.50 bits per heavy atom. The molecule has 0 amide bonds. The second-order valence-corrected chi connectivity index (χ2v) is 3.96. The van der Waals surface area contributed by atoms with Crippen molar-refractivity contribution in [2.24, 2.45) is 0 Å². The molecule has 3 rings (SSSR count). The van der Waals surface area contributed by atoms with Gasteiger partial charge in [0.15, 0.2) is 0 Å². The molecule has 0 saturated heterocycles. The summed E-state index contributed by atoms with van der Waals surface area (Å²) >= 11 is 0. The fourth-order valence-electron chi connectivity index (χ4n) is 1.62. The molecule has 0 aliphatic carbocycles. The molecule has 0 spiro atoms. The molecule has 0 unspecified atom stereocenters. The Hall–Kier alpha value is -3.00. The van der Waals surface area contributed by atoms with Crippen LogP contribution < -0.4 is 0 Å². The lowest BCUT2D eigenvalue weighted by atomic mass is 10.3. The van der Waals surface area contributed by atoms with Crippen LogP contribution in [0.5, 0.6) is 0 Å². The van der Waals surface area contributed by atoms with Crippen LogP contribution in [0.15, 0.2) is 55.1 Å². The molecule has 0 saturated carbocycles. The molecular formula is C15H9FN4. The van der Waals surface area contributed by atoms with Crippen LogP contribution in [0.1, 0.15) is 11.4 Å². The van der Waals surface area contributed by atoms with E-state index >= 15 is 0 Å². The summed E-state index contributed by atoms with van der Waals surface area (Å²) in [5.41, 5.74) is 1.97. The van der Waals surface area contributed by atoms with Crippen LogP contribution in [0.4, 0.5) is 4.39 Å². The number of nitrogens with zero attached hydrogens (tertiary/aromatic N) is 4. The summed E-state index contributed by atoms with van der Waals surface area (Å²) in [4.78, 5) is 7.99. The van der Waals surface area contributed by atoms with Gasteiger partial charge >= 0.3 is 0 Å². The third-order valence-corrected chi connectivity index (χ3v) is 2.56. The maximum absolute atomic E-state index is 12.9. The summed E-state index contributed by atoms with van der Waals surface area (Å²) in [7, 11) is 0. The highest BCUT2D eigenvalue weighted by molar-refractivity contribution is 5.37. The van der Waals surface area contributed by atoms with E-state index in [0.29, 0.717) is 11.4 Å². The van der Waals surface area contributed by atoms with Gasteiger partial charge in [-0.25, -0.2) is 14.1 Å². The van der Waals surface area contributed by atoms with E-state index in [1.54, 1.807) is 47.7 Å². The van der Waals surface area contributed by atoms with Crippen molar-refractivity contribution >= 4 is 0 Å². The summed E-state index contributed by atoms with van der Waals surface area (Å²) in [5, 5.41) is 4.30. The zero-order valence-electron chi connectivity index (χ0n) is 10.4. The first-order valence-corrected chi connectivity index (χ1v) is 5.91. The Labute approximate surface area is 114 Å². The molecule has 4 nitrogen and oxygen atoms in total. The van der Waals surface area contributed by atoms with E-state index in [1.165, 1.54) is 12.1 Å². The van der Waals surface area contributed by atoms with Gasteiger partial charge in [-0.2, -0.15) is 5.10 Å². The summed E-state index contributed by atoms with van der Waals surface area (Å²) in [6, 6.07) is 7.88. The SMILES string of the molecule is Fc1ccc(-n2ccc(C#Cc3cnccn3)n2)cc1. The highest BCUT2D eigenvalue weighted by atomic mass is 19.1. The Balaban J connectivity index is 1.84. The van der Waals surface area contributed by atoms with Crippen LogP contribution in [0, 0.1) is 17.7 Å². The van der Waals surface area contributed by atoms with Crippen molar-refractivity contribution < 1.29 is 4.39 Å². The number of halogens is 1. The number of hydrogen-bond donors (Lipinski definition) is 0. The number of rotatable bonds is 1. The van der Waals surface area contributed by atoms with Gasteiger partial charge in [-0.15, -0.1) is 0 Å². The number of aromatic nitrogens is 4. The van der Waals surface area contributed by atoms with Crippen LogP contribution >= 0.6 is 0 Å². The summed E-state index contributed by atoms with van der Waals surface area (Å²) in [6.45, 7) is 0. The Morgan fingerprint density at radius 1 is 0.950 bits per heavy atom. The van der Waals surface area contributed by atoms with Gasteiger partial charge in [0, 0.05) is 18.6 Å². The first kappa shape index (κ1) is 12.1. The molecule has 0 fully saturated rings. The second-order valence-electron chi connectivity index (χ2n) is 3.96. The molecule has 0 aliphatic rings. The van der Waals surface area contributed by atoms with E-state index < -0.39 is 0 Å². The lowest BCUT2D eigenvalue weighted by molar-refractivity contribution is 0.627. The lowest BCUT2D eigenvalue weighted by Gasteiger charge is -1.99. The number of benzene rings is 1. The monoisotopic (exact) mass is 264 g/mol. The molecule has 0 radical (unpaired) electrons. The van der Waals surface area contributed by atoms with Crippen LogP contribution in [0.25, 0.3) is 5.69 Å². The van der Waals surface area contributed by atoms with E-state index in [4.69, 9.17) is 0 Å². The van der Waals surface area contributed by atoms with Crippen molar-refractivity contribution in [1.82, 2.24) is 19.7 Å². The largest absolute Gasteiger partial charge is 0.260 e. The predicted molar refractivity (Wildman–Crippen MR) is 71.5 cm³/mol. The molecule has 0 N–H and O–H groups in total. The van der Waals surface area contributed by atoms with Gasteiger partial charge in [0.25, 0.3) is 0 Å². The molecule has 2 aromatic heterocycles. The number of hydrogen-bond acceptors (Lipinski definition) is 3. The van der Waals surface area contributed by atoms with Crippen molar-refractivity contribution in [1.29, 1.82) is 0 Å². The molecule has 3 aromatic rings. The van der Waals surface area contributed by atoms with E-state index in [1.807, 2.05) is 0 Å². The highest BCUT2D eigenvalue weighted by Crippen LogP contribution is 2.08. The standard InChI is InChI=1S/C15H9FN4/c16-12-1-5-15(6-2-12)20-10-7-13(19-20)3-4-14-11-17-8-9-18-14/h1-2,5-11H. The fourth-order valence-corrected chi connectivity index (χ4v) is 1.62. The molecule has 0 bridgehead atoms. The van der Waals surface area contributed by atoms with Crippen LogP contribution in [-0.2, 0) is 0 Å². The summed E-state index contributed by atoms with van der Waals surface area (Å²) in [5.74, 6) is 5.50. The van der Waals surface area contributed by atoms with Crippen molar-refractivity contribution in [2.45, 2.75) is 0 Å². The summed E-state index contributed by atoms with van der Waals surface area (Å²) in [6.07, 6.45) is 6.54. The quantitative estimate of drug-likeness (QED) is 0.633. The minimum atomic E-state index is -0.274. The zero-order valence-corrected chi connectivity index (χ0v) is 10.4. The van der Waals surface area contributed by atoms with E-state index in [-0.39, 0.29) is 5.82 Å². The average Bonchev–Trinajstić information content (AvgIpc) is 2.96. The van der Waals surface area contributed by atoms with Crippen molar-refractivity contribution in [3.63, 3.8) is 0 Å². The van der Waals surface area contributed by atoms with Crippen molar-refractivity contribution in [3.05, 3.63) is 72.3 Å². The van der Waals surface area contributed by atoms with Gasteiger partial charge in [-0.3, -0.25) is 4.98 Å². The maximum Gasteiger partial charge on any atom is 0.136 e. The molecule has 2 heterocycles. The third kappa shape index (κ3) is 2.70. The Morgan fingerprint density at radius 2 is 1.75 bits per heavy atom. The molecule has 5 heteroatoms. The molecule has 0 atom stereocenters. The molecule has 0 aliphatic heterocycles. The van der Waals surface area contributed by atoms with E-state index in [9.17, 15) is 4.39 Å². The average molecular weight is 264 g/mol. The van der Waals surface area contributed by atoms with Gasteiger partial charge in [-0.1, -0.05) is 0 Å². The van der Waals surface area contributed by atoms with Gasteiger partial charge in [0.1, 0.15) is 17.2 Å². The maximum atomic E-state index is 12.9. The predicted octanol–water partition coefficient (Wildman–Crippen LogP) is 2.20. The smallest absolute Gasteiger partial charge is 0.136 e. The van der Waals surface area contributed by atoms with Crippen LogP contribution in [0.3, 0.4) is 0 Å². The fraction of sp³-hybridized carbons (Fsp3) is 0. The molecule has 1 aromatic carbocycles. The van der Waals surface area contributed by atoms with E-state index in [0.717, 1.165) is 5.69 Å². The first-order valence-electron chi connectivity index (χ1n) is 5.91. The molecule has 96 valence electrons. The first-order chi connectivity index (χ1) is 9.81. The third-order valence-electron chi connectivity index (χ3n) is 2.56. The Bertz CT molecular complexity index is 767. The van der Waals surface area contributed by atoms with Gasteiger partial charge < -0.3 is 0 Å². The minimum Gasteiger partial charge on any atom is -0.260 e. The van der Waals surface area contributed by atoms with Crippen LogP contribution in [0.2, 0.25) is 0 Å². The zero-order chi connectivity index (χ0) is 13.8. The van der Waals surface area contributed by atoms with Crippen molar-refractivity contribution in [3.8, 4) is 17.5 Å². The minimum absolute atomic E-state index is 0.274. The van der Waals surface area contributed by atoms with Gasteiger partial charge in [-0.05, 0) is 42.2 Å². The highest BCUT2D eigenvalue weighted by Gasteiger charge is 1.99. The normalized spacial score (nSPS) is 9.85. The summed E-state index contributed by atoms with van der Waals surface area (Å²) < 4.78 is 14.5. The second kappa shape index (κ2) is 5.33. The van der Waals surface area contributed by atoms with Gasteiger partial charge in [0.05, 0.1) is 11.9 Å². The Kier molecular flexibility index (Phi) is 3.21. The topological polar surface area (TPSA) is 43.6 Å². The molecular weight excluding hydrogens is 255 g/mol. The van der Waals surface area contributed by atoms with Crippen molar-refractivity contribution in [2.75, 3.05) is 0 Å².